The zero-order valence-corrected chi connectivity index (χ0v) is 9.02. The van der Waals surface area contributed by atoms with E-state index in [4.69, 9.17) is 17.3 Å². The van der Waals surface area contributed by atoms with Crippen LogP contribution in [-0.2, 0) is 5.67 Å². The van der Waals surface area contributed by atoms with Gasteiger partial charge in [-0.1, -0.05) is 37.1 Å². The third-order valence-electron chi connectivity index (χ3n) is 2.31. The summed E-state index contributed by atoms with van der Waals surface area (Å²) in [6.07, 6.45) is 1.20. The van der Waals surface area contributed by atoms with Gasteiger partial charge in [0.1, 0.15) is 5.67 Å². The van der Waals surface area contributed by atoms with Crippen LogP contribution in [0.3, 0.4) is 0 Å². The maximum Gasteiger partial charge on any atom is 0.148 e. The highest BCUT2D eigenvalue weighted by Gasteiger charge is 2.29. The molecule has 2 N–H and O–H groups in total. The average molecular weight is 216 g/mol. The lowest BCUT2D eigenvalue weighted by Gasteiger charge is -2.23. The van der Waals surface area contributed by atoms with Crippen LogP contribution >= 0.6 is 11.6 Å². The largest absolute Gasteiger partial charge is 0.327 e. The van der Waals surface area contributed by atoms with Crippen LogP contribution in [0.1, 0.15) is 25.3 Å². The van der Waals surface area contributed by atoms with Gasteiger partial charge in [0, 0.05) is 11.6 Å². The molecule has 0 fully saturated rings. The number of rotatable bonds is 4. The lowest BCUT2D eigenvalue weighted by atomic mass is 9.91. The van der Waals surface area contributed by atoms with Gasteiger partial charge >= 0.3 is 0 Å². The van der Waals surface area contributed by atoms with E-state index in [1.165, 1.54) is 0 Å². The Morgan fingerprint density at radius 3 is 2.71 bits per heavy atom. The van der Waals surface area contributed by atoms with Crippen molar-refractivity contribution in [2.45, 2.75) is 25.4 Å². The van der Waals surface area contributed by atoms with E-state index in [9.17, 15) is 4.39 Å². The molecule has 1 unspecified atom stereocenters. The van der Waals surface area contributed by atoms with Crippen molar-refractivity contribution in [3.63, 3.8) is 0 Å². The molecule has 0 spiro atoms. The second kappa shape index (κ2) is 4.76. The Hall–Kier alpha value is -0.600. The van der Waals surface area contributed by atoms with Crippen LogP contribution in [0.4, 0.5) is 4.39 Å². The molecule has 78 valence electrons. The summed E-state index contributed by atoms with van der Waals surface area (Å²) in [5, 5.41) is 0.550. The van der Waals surface area contributed by atoms with Gasteiger partial charge in [0.05, 0.1) is 0 Å². The topological polar surface area (TPSA) is 26.0 Å². The molecule has 1 aromatic rings. The fourth-order valence-electron chi connectivity index (χ4n) is 1.53. The Morgan fingerprint density at radius 1 is 1.50 bits per heavy atom. The monoisotopic (exact) mass is 215 g/mol. The summed E-state index contributed by atoms with van der Waals surface area (Å²) in [6, 6.07) is 6.85. The maximum absolute atomic E-state index is 14.2. The normalized spacial score (nSPS) is 15.1. The van der Waals surface area contributed by atoms with Gasteiger partial charge in [-0.15, -0.1) is 0 Å². The molecule has 0 radical (unpaired) electrons. The molecule has 14 heavy (non-hydrogen) atoms. The standard InChI is InChI=1S/C11H15ClFN/c1-2-6-11(13,8-14)9-4-3-5-10(12)7-9/h3-5,7H,2,6,8,14H2,1H3. The van der Waals surface area contributed by atoms with Gasteiger partial charge in [0.15, 0.2) is 0 Å². The molecule has 1 aromatic carbocycles. The van der Waals surface area contributed by atoms with Crippen LogP contribution < -0.4 is 5.73 Å². The van der Waals surface area contributed by atoms with E-state index in [0.717, 1.165) is 6.42 Å². The number of halogens is 2. The first-order valence-corrected chi connectivity index (χ1v) is 5.15. The molecule has 1 atom stereocenters. The fraction of sp³-hybridized carbons (Fsp3) is 0.455. The van der Waals surface area contributed by atoms with Crippen LogP contribution in [0, 0.1) is 0 Å². The van der Waals surface area contributed by atoms with Gasteiger partial charge < -0.3 is 5.73 Å². The Morgan fingerprint density at radius 2 is 2.21 bits per heavy atom. The first kappa shape index (κ1) is 11.5. The maximum atomic E-state index is 14.2. The van der Waals surface area contributed by atoms with Crippen molar-refractivity contribution in [2.24, 2.45) is 5.73 Å². The highest BCUT2D eigenvalue weighted by molar-refractivity contribution is 6.30. The molecule has 1 nitrogen and oxygen atoms in total. The highest BCUT2D eigenvalue weighted by atomic mass is 35.5. The van der Waals surface area contributed by atoms with Gasteiger partial charge in [-0.3, -0.25) is 0 Å². The number of hydrogen-bond donors (Lipinski definition) is 1. The summed E-state index contributed by atoms with van der Waals surface area (Å²) < 4.78 is 14.2. The molecule has 0 bridgehead atoms. The van der Waals surface area contributed by atoms with Crippen molar-refractivity contribution < 1.29 is 4.39 Å². The number of hydrogen-bond acceptors (Lipinski definition) is 1. The van der Waals surface area contributed by atoms with E-state index in [1.54, 1.807) is 24.3 Å². The summed E-state index contributed by atoms with van der Waals surface area (Å²) in [5.74, 6) is 0. The smallest absolute Gasteiger partial charge is 0.148 e. The lowest BCUT2D eigenvalue weighted by molar-refractivity contribution is 0.159. The fourth-order valence-corrected chi connectivity index (χ4v) is 1.72. The molecule has 0 saturated heterocycles. The lowest BCUT2D eigenvalue weighted by Crippen LogP contribution is -2.30. The number of alkyl halides is 1. The molecule has 0 amide bonds. The zero-order valence-electron chi connectivity index (χ0n) is 8.26. The number of benzene rings is 1. The van der Waals surface area contributed by atoms with Crippen LogP contribution in [-0.4, -0.2) is 6.54 Å². The molecule has 3 heteroatoms. The molecular weight excluding hydrogens is 201 g/mol. The van der Waals surface area contributed by atoms with Crippen molar-refractivity contribution in [2.75, 3.05) is 6.54 Å². The molecule has 0 aliphatic heterocycles. The SMILES string of the molecule is CCCC(F)(CN)c1cccc(Cl)c1. The third kappa shape index (κ3) is 2.46. The first-order valence-electron chi connectivity index (χ1n) is 4.77. The van der Waals surface area contributed by atoms with E-state index in [2.05, 4.69) is 0 Å². The molecular formula is C11H15ClFN. The quantitative estimate of drug-likeness (QED) is 0.820. The minimum atomic E-state index is -1.43. The van der Waals surface area contributed by atoms with Crippen LogP contribution in [0.2, 0.25) is 5.02 Å². The molecule has 0 saturated carbocycles. The predicted molar refractivity (Wildman–Crippen MR) is 58.2 cm³/mol. The van der Waals surface area contributed by atoms with E-state index < -0.39 is 5.67 Å². The van der Waals surface area contributed by atoms with Crippen molar-refractivity contribution in [1.82, 2.24) is 0 Å². The van der Waals surface area contributed by atoms with Gasteiger partial charge in [-0.2, -0.15) is 0 Å². The summed E-state index contributed by atoms with van der Waals surface area (Å²) in [7, 11) is 0. The van der Waals surface area contributed by atoms with Crippen molar-refractivity contribution in [3.05, 3.63) is 34.9 Å². The van der Waals surface area contributed by atoms with Crippen molar-refractivity contribution in [1.29, 1.82) is 0 Å². The van der Waals surface area contributed by atoms with Crippen LogP contribution in [0.15, 0.2) is 24.3 Å². The van der Waals surface area contributed by atoms with Gasteiger partial charge in [-0.25, -0.2) is 4.39 Å². The Bertz CT molecular complexity index is 303. The van der Waals surface area contributed by atoms with E-state index >= 15 is 0 Å². The molecule has 1 rings (SSSR count). The minimum absolute atomic E-state index is 0.00117. The van der Waals surface area contributed by atoms with Gasteiger partial charge in [-0.05, 0) is 24.1 Å². The van der Waals surface area contributed by atoms with Crippen molar-refractivity contribution >= 4 is 11.6 Å². The van der Waals surface area contributed by atoms with Gasteiger partial charge in [0.2, 0.25) is 0 Å². The first-order chi connectivity index (χ1) is 6.62. The Kier molecular flexibility index (Phi) is 3.90. The molecule has 0 aliphatic carbocycles. The molecule has 0 aliphatic rings. The predicted octanol–water partition coefficient (Wildman–Crippen LogP) is 3.26. The number of nitrogens with two attached hydrogens (primary N) is 1. The highest BCUT2D eigenvalue weighted by Crippen LogP contribution is 2.31. The van der Waals surface area contributed by atoms with E-state index in [1.807, 2.05) is 6.92 Å². The van der Waals surface area contributed by atoms with Crippen LogP contribution in [0.25, 0.3) is 0 Å². The Balaban J connectivity index is 2.99. The molecule has 0 heterocycles. The Labute approximate surface area is 89.1 Å². The second-order valence-corrected chi connectivity index (χ2v) is 3.87. The minimum Gasteiger partial charge on any atom is -0.327 e. The van der Waals surface area contributed by atoms with E-state index in [0.29, 0.717) is 17.0 Å². The second-order valence-electron chi connectivity index (χ2n) is 3.43. The summed E-state index contributed by atoms with van der Waals surface area (Å²) >= 11 is 5.80. The van der Waals surface area contributed by atoms with Crippen LogP contribution in [0.5, 0.6) is 0 Å². The van der Waals surface area contributed by atoms with Gasteiger partial charge in [0.25, 0.3) is 0 Å². The average Bonchev–Trinajstić information content (AvgIpc) is 2.18. The molecule has 0 aromatic heterocycles. The third-order valence-corrected chi connectivity index (χ3v) is 2.55. The van der Waals surface area contributed by atoms with Crippen molar-refractivity contribution in [3.8, 4) is 0 Å². The summed E-state index contributed by atoms with van der Waals surface area (Å²) in [5.41, 5.74) is 4.60. The summed E-state index contributed by atoms with van der Waals surface area (Å²) in [4.78, 5) is 0. The zero-order chi connectivity index (χ0) is 10.6. The summed E-state index contributed by atoms with van der Waals surface area (Å²) in [6.45, 7) is 1.94. The van der Waals surface area contributed by atoms with E-state index in [-0.39, 0.29) is 6.54 Å².